The smallest absolute Gasteiger partial charge is 0.224 e. The van der Waals surface area contributed by atoms with Gasteiger partial charge in [0.25, 0.3) is 0 Å². The molecule has 1 unspecified atom stereocenters. The second kappa shape index (κ2) is 6.74. The summed E-state index contributed by atoms with van der Waals surface area (Å²) in [4.78, 5) is 11.4. The van der Waals surface area contributed by atoms with Gasteiger partial charge in [0.15, 0.2) is 0 Å². The molecule has 1 atom stereocenters. The number of hydrogen-bond donors (Lipinski definition) is 2. The molecular weight excluding hydrogens is 276 g/mol. The highest BCUT2D eigenvalue weighted by molar-refractivity contribution is 7.90. The molecule has 1 aromatic carbocycles. The number of aryl methyl sites for hydroxylation is 1. The monoisotopic (exact) mass is 298 g/mol. The minimum Gasteiger partial charge on any atom is -0.381 e. The van der Waals surface area contributed by atoms with Gasteiger partial charge in [-0.1, -0.05) is 13.0 Å². The van der Waals surface area contributed by atoms with Crippen LogP contribution < -0.4 is 10.6 Å². The number of rotatable bonds is 6. The van der Waals surface area contributed by atoms with Crippen LogP contribution in [0.1, 0.15) is 25.8 Å². The van der Waals surface area contributed by atoms with Crippen LogP contribution in [-0.2, 0) is 14.6 Å². The summed E-state index contributed by atoms with van der Waals surface area (Å²) < 4.78 is 22.5. The Hall–Kier alpha value is -1.56. The fourth-order valence-corrected chi connectivity index (χ4v) is 2.86. The summed E-state index contributed by atoms with van der Waals surface area (Å²) in [5, 5.41) is 5.95. The average Bonchev–Trinajstić information content (AvgIpc) is 2.30. The molecule has 0 heterocycles. The molecular formula is C14H22N2O3S. The number of carbonyl (C=O) groups excluding carboxylic acids is 1. The van der Waals surface area contributed by atoms with Gasteiger partial charge < -0.3 is 10.6 Å². The topological polar surface area (TPSA) is 75.3 Å². The van der Waals surface area contributed by atoms with Crippen molar-refractivity contribution in [3.8, 4) is 0 Å². The number of amides is 1. The van der Waals surface area contributed by atoms with Gasteiger partial charge in [0.1, 0.15) is 9.84 Å². The molecule has 1 rings (SSSR count). The highest BCUT2D eigenvalue weighted by Crippen LogP contribution is 2.21. The maximum Gasteiger partial charge on any atom is 0.224 e. The zero-order chi connectivity index (χ0) is 15.3. The fraction of sp³-hybridized carbons (Fsp3) is 0.500. The van der Waals surface area contributed by atoms with Crippen LogP contribution in [0.2, 0.25) is 0 Å². The molecule has 0 aliphatic heterocycles. The predicted molar refractivity (Wildman–Crippen MR) is 82.9 cm³/mol. The van der Waals surface area contributed by atoms with E-state index in [0.29, 0.717) is 12.1 Å². The number of benzene rings is 1. The summed E-state index contributed by atoms with van der Waals surface area (Å²) in [6.45, 7) is 5.54. The molecule has 20 heavy (non-hydrogen) atoms. The van der Waals surface area contributed by atoms with Crippen molar-refractivity contribution in [2.24, 2.45) is 0 Å². The lowest BCUT2D eigenvalue weighted by Crippen LogP contribution is -2.25. The molecule has 0 fully saturated rings. The van der Waals surface area contributed by atoms with Gasteiger partial charge in [0.2, 0.25) is 5.91 Å². The maximum absolute atomic E-state index is 11.4. The van der Waals surface area contributed by atoms with Crippen LogP contribution in [0.4, 0.5) is 11.4 Å². The van der Waals surface area contributed by atoms with Gasteiger partial charge in [-0.05, 0) is 31.5 Å². The number of carbonyl (C=O) groups is 1. The van der Waals surface area contributed by atoms with E-state index < -0.39 is 9.84 Å². The zero-order valence-electron chi connectivity index (χ0n) is 12.4. The van der Waals surface area contributed by atoms with Crippen LogP contribution in [-0.4, -0.2) is 32.4 Å². The van der Waals surface area contributed by atoms with Crippen LogP contribution >= 0.6 is 0 Å². The molecule has 0 aliphatic rings. The number of nitrogens with one attached hydrogen (secondary N) is 2. The molecule has 0 aromatic heterocycles. The first kappa shape index (κ1) is 16.5. The predicted octanol–water partition coefficient (Wildman–Crippen LogP) is 2.19. The van der Waals surface area contributed by atoms with Crippen molar-refractivity contribution in [2.75, 3.05) is 22.6 Å². The summed E-state index contributed by atoms with van der Waals surface area (Å²) in [5.74, 6) is 0.0156. The van der Waals surface area contributed by atoms with Crippen LogP contribution in [0.3, 0.4) is 0 Å². The molecule has 0 spiro atoms. The standard InChI is InChI=1S/C14H22N2O3S/c1-5-14(17)16-12-7-6-10(2)13(8-12)15-11(3)9-20(4,18)19/h6-8,11,15H,5,9H2,1-4H3,(H,16,17). The molecule has 0 radical (unpaired) electrons. The number of hydrogen-bond acceptors (Lipinski definition) is 4. The van der Waals surface area contributed by atoms with Crippen LogP contribution in [0.5, 0.6) is 0 Å². The third kappa shape index (κ3) is 5.61. The first-order valence-electron chi connectivity index (χ1n) is 6.56. The molecule has 1 aromatic rings. The van der Waals surface area contributed by atoms with Crippen molar-refractivity contribution in [2.45, 2.75) is 33.2 Å². The Balaban J connectivity index is 2.83. The second-order valence-electron chi connectivity index (χ2n) is 5.07. The summed E-state index contributed by atoms with van der Waals surface area (Å²) in [6.07, 6.45) is 1.64. The molecule has 0 bridgehead atoms. The largest absolute Gasteiger partial charge is 0.381 e. The normalized spacial score (nSPS) is 12.8. The van der Waals surface area contributed by atoms with Crippen LogP contribution in [0.25, 0.3) is 0 Å². The Morgan fingerprint density at radius 1 is 1.35 bits per heavy atom. The lowest BCUT2D eigenvalue weighted by atomic mass is 10.1. The van der Waals surface area contributed by atoms with Crippen molar-refractivity contribution in [3.63, 3.8) is 0 Å². The van der Waals surface area contributed by atoms with Gasteiger partial charge in [0, 0.05) is 30.1 Å². The molecule has 0 saturated carbocycles. The minimum absolute atomic E-state index is 0.0519. The number of sulfone groups is 1. The molecule has 1 amide bonds. The van der Waals surface area contributed by atoms with E-state index in [1.807, 2.05) is 32.0 Å². The van der Waals surface area contributed by atoms with E-state index in [1.54, 1.807) is 6.92 Å². The third-order valence-electron chi connectivity index (χ3n) is 2.80. The van der Waals surface area contributed by atoms with Crippen LogP contribution in [0.15, 0.2) is 18.2 Å². The highest BCUT2D eigenvalue weighted by Gasteiger charge is 2.12. The average molecular weight is 298 g/mol. The summed E-state index contributed by atoms with van der Waals surface area (Å²) in [7, 11) is -3.02. The second-order valence-corrected chi connectivity index (χ2v) is 7.25. The van der Waals surface area contributed by atoms with Gasteiger partial charge in [-0.3, -0.25) is 4.79 Å². The summed E-state index contributed by atoms with van der Waals surface area (Å²) in [6, 6.07) is 5.35. The SMILES string of the molecule is CCC(=O)Nc1ccc(C)c(NC(C)CS(C)(=O)=O)c1. The summed E-state index contributed by atoms with van der Waals surface area (Å²) in [5.41, 5.74) is 2.53. The van der Waals surface area contributed by atoms with Crippen molar-refractivity contribution in [3.05, 3.63) is 23.8 Å². The van der Waals surface area contributed by atoms with Crippen LogP contribution in [0, 0.1) is 6.92 Å². The Labute approximate surface area is 120 Å². The van der Waals surface area contributed by atoms with Gasteiger partial charge in [-0.15, -0.1) is 0 Å². The minimum atomic E-state index is -3.02. The molecule has 5 nitrogen and oxygen atoms in total. The summed E-state index contributed by atoms with van der Waals surface area (Å²) >= 11 is 0. The Kier molecular flexibility index (Phi) is 5.56. The third-order valence-corrected chi connectivity index (χ3v) is 3.90. The molecule has 6 heteroatoms. The quantitative estimate of drug-likeness (QED) is 0.844. The van der Waals surface area contributed by atoms with Gasteiger partial charge in [-0.25, -0.2) is 8.42 Å². The first-order chi connectivity index (χ1) is 9.21. The van der Waals surface area contributed by atoms with E-state index in [0.717, 1.165) is 11.3 Å². The zero-order valence-corrected chi connectivity index (χ0v) is 13.2. The molecule has 112 valence electrons. The Morgan fingerprint density at radius 3 is 2.55 bits per heavy atom. The number of anilines is 2. The van der Waals surface area contributed by atoms with E-state index in [-0.39, 0.29) is 17.7 Å². The Bertz CT molecular complexity index is 582. The first-order valence-corrected chi connectivity index (χ1v) is 8.62. The lowest BCUT2D eigenvalue weighted by Gasteiger charge is -2.17. The molecule has 0 aliphatic carbocycles. The van der Waals surface area contributed by atoms with E-state index in [9.17, 15) is 13.2 Å². The highest BCUT2D eigenvalue weighted by atomic mass is 32.2. The Morgan fingerprint density at radius 2 is 2.00 bits per heavy atom. The van der Waals surface area contributed by atoms with E-state index in [2.05, 4.69) is 10.6 Å². The van der Waals surface area contributed by atoms with Crippen molar-refractivity contribution < 1.29 is 13.2 Å². The van der Waals surface area contributed by atoms with E-state index in [4.69, 9.17) is 0 Å². The molecule has 2 N–H and O–H groups in total. The van der Waals surface area contributed by atoms with Gasteiger partial charge in [0.05, 0.1) is 5.75 Å². The van der Waals surface area contributed by atoms with E-state index >= 15 is 0 Å². The van der Waals surface area contributed by atoms with Gasteiger partial charge in [-0.2, -0.15) is 0 Å². The van der Waals surface area contributed by atoms with Crippen molar-refractivity contribution in [1.29, 1.82) is 0 Å². The lowest BCUT2D eigenvalue weighted by molar-refractivity contribution is -0.115. The van der Waals surface area contributed by atoms with Crippen molar-refractivity contribution in [1.82, 2.24) is 0 Å². The molecule has 0 saturated heterocycles. The van der Waals surface area contributed by atoms with Crippen molar-refractivity contribution >= 4 is 27.1 Å². The maximum atomic E-state index is 11.4. The van der Waals surface area contributed by atoms with Gasteiger partial charge >= 0.3 is 0 Å². The van der Waals surface area contributed by atoms with E-state index in [1.165, 1.54) is 6.26 Å². The fourth-order valence-electron chi connectivity index (χ4n) is 1.87.